The third kappa shape index (κ3) is 4.97. The molecule has 0 saturated carbocycles. The van der Waals surface area contributed by atoms with Crippen LogP contribution in [-0.4, -0.2) is 72.9 Å². The topological polar surface area (TPSA) is 157 Å². The van der Waals surface area contributed by atoms with Crippen molar-refractivity contribution in [2.45, 2.75) is 36.7 Å². The summed E-state index contributed by atoms with van der Waals surface area (Å²) in [4.78, 5) is 28.8. The van der Waals surface area contributed by atoms with Crippen LogP contribution in [0.25, 0.3) is 0 Å². The van der Waals surface area contributed by atoms with Crippen molar-refractivity contribution in [2.24, 2.45) is 0 Å². The number of aliphatic hydroxyl groups is 3. The molecule has 0 aromatic heterocycles. The Morgan fingerprint density at radius 2 is 1.95 bits per heavy atom. The third-order valence-electron chi connectivity index (χ3n) is 2.66. The molecular weight excluding hydrogens is 313 g/mol. The van der Waals surface area contributed by atoms with Crippen LogP contribution in [0, 0.1) is 0 Å². The first-order chi connectivity index (χ1) is 9.15. The van der Waals surface area contributed by atoms with Crippen molar-refractivity contribution in [1.29, 1.82) is 0 Å². The molecule has 11 heteroatoms. The Bertz CT molecular complexity index is 390. The molecule has 1 fully saturated rings. The fraction of sp³-hybridized carbons (Fsp3) is 0.889. The number of amides is 1. The highest BCUT2D eigenvalue weighted by Crippen LogP contribution is 2.42. The van der Waals surface area contributed by atoms with Gasteiger partial charge in [0.15, 0.2) is 0 Å². The van der Waals surface area contributed by atoms with Gasteiger partial charge in [0.1, 0.15) is 23.7 Å². The number of ether oxygens (including phenoxy) is 1. The lowest BCUT2D eigenvalue weighted by atomic mass is 9.98. The molecule has 0 radical (unpaired) electrons. The zero-order chi connectivity index (χ0) is 15.5. The fourth-order valence-electron chi connectivity index (χ4n) is 1.78. The number of nitrogens with one attached hydrogen (secondary N) is 1. The summed E-state index contributed by atoms with van der Waals surface area (Å²) in [7, 11) is -4.29. The van der Waals surface area contributed by atoms with Gasteiger partial charge in [0.25, 0.3) is 0 Å². The van der Waals surface area contributed by atoms with Crippen LogP contribution in [0.5, 0.6) is 0 Å². The molecule has 6 N–H and O–H groups in total. The normalized spacial score (nSPS) is 34.8. The quantitative estimate of drug-likeness (QED) is 0.308. The Labute approximate surface area is 119 Å². The van der Waals surface area contributed by atoms with Gasteiger partial charge in [-0.1, -0.05) is 0 Å². The van der Waals surface area contributed by atoms with Gasteiger partial charge in [-0.05, 0) is 0 Å². The molecule has 0 spiro atoms. The molecule has 1 amide bonds. The minimum Gasteiger partial charge on any atom is -0.394 e. The van der Waals surface area contributed by atoms with E-state index in [0.29, 0.717) is 11.8 Å². The second-order valence-electron chi connectivity index (χ2n) is 4.39. The Hall–Kier alpha value is -0.190. The van der Waals surface area contributed by atoms with Crippen LogP contribution in [0.3, 0.4) is 0 Å². The second kappa shape index (κ2) is 7.19. The fourth-order valence-corrected chi connectivity index (χ4v) is 3.81. The van der Waals surface area contributed by atoms with Crippen molar-refractivity contribution < 1.29 is 39.2 Å². The summed E-state index contributed by atoms with van der Waals surface area (Å²) in [6.07, 6.45) is -3.92. The highest BCUT2D eigenvalue weighted by atomic mass is 32.2. The molecule has 1 rings (SSSR count). The monoisotopic (exact) mass is 331 g/mol. The van der Waals surface area contributed by atoms with E-state index >= 15 is 0 Å². The van der Waals surface area contributed by atoms with E-state index in [1.807, 2.05) is 0 Å². The van der Waals surface area contributed by atoms with Gasteiger partial charge in [-0.25, -0.2) is 0 Å². The zero-order valence-electron chi connectivity index (χ0n) is 10.6. The first kappa shape index (κ1) is 17.9. The van der Waals surface area contributed by atoms with Crippen molar-refractivity contribution in [2.75, 3.05) is 12.1 Å². The minimum atomic E-state index is -4.29. The lowest BCUT2D eigenvalue weighted by molar-refractivity contribution is -0.173. The van der Waals surface area contributed by atoms with Crippen molar-refractivity contribution >= 4 is 25.3 Å². The Kier molecular flexibility index (Phi) is 6.42. The number of thioether (sulfide) groups is 1. The predicted octanol–water partition coefficient (Wildman–Crippen LogP) is -2.20. The molecule has 0 aromatic rings. The molecule has 0 aromatic carbocycles. The van der Waals surface area contributed by atoms with Crippen molar-refractivity contribution in [3.05, 3.63) is 0 Å². The number of rotatable bonds is 5. The Balaban J connectivity index is 2.83. The number of hydrogen-bond acceptors (Lipinski definition) is 7. The van der Waals surface area contributed by atoms with Crippen LogP contribution in [-0.2, 0) is 14.1 Å². The largest absolute Gasteiger partial charge is 0.394 e. The SMILES string of the molecule is CC(=O)N[C@@H]1[C@@H](O)[C@H](O)[C@@H](CO)O[C@@H]1SCP(=O)(O)O. The van der Waals surface area contributed by atoms with Crippen molar-refractivity contribution in [3.8, 4) is 0 Å². The van der Waals surface area contributed by atoms with Gasteiger partial charge in [-0.2, -0.15) is 0 Å². The molecule has 1 saturated heterocycles. The van der Waals surface area contributed by atoms with Gasteiger partial charge >= 0.3 is 7.60 Å². The molecule has 0 bridgehead atoms. The third-order valence-corrected chi connectivity index (χ3v) is 5.33. The summed E-state index contributed by atoms with van der Waals surface area (Å²) in [5, 5.41) is 31.1. The maximum absolute atomic E-state index is 11.1. The van der Waals surface area contributed by atoms with Gasteiger partial charge < -0.3 is 35.2 Å². The molecule has 1 heterocycles. The number of hydrogen-bond donors (Lipinski definition) is 6. The first-order valence-corrected chi connectivity index (χ1v) is 8.56. The van der Waals surface area contributed by atoms with Crippen LogP contribution in [0.4, 0.5) is 0 Å². The number of aliphatic hydroxyl groups excluding tert-OH is 3. The van der Waals surface area contributed by atoms with E-state index in [-0.39, 0.29) is 0 Å². The minimum absolute atomic E-state index is 0.492. The molecule has 9 nitrogen and oxygen atoms in total. The van der Waals surface area contributed by atoms with Gasteiger partial charge in [0.2, 0.25) is 5.91 Å². The predicted molar refractivity (Wildman–Crippen MR) is 69.9 cm³/mol. The maximum atomic E-state index is 11.1. The van der Waals surface area contributed by atoms with E-state index in [0.717, 1.165) is 0 Å². The summed E-state index contributed by atoms with van der Waals surface area (Å²) < 4.78 is 16.1. The smallest absolute Gasteiger partial charge is 0.335 e. The van der Waals surface area contributed by atoms with Crippen LogP contribution in [0.15, 0.2) is 0 Å². The molecule has 20 heavy (non-hydrogen) atoms. The summed E-state index contributed by atoms with van der Waals surface area (Å²) in [5.74, 6) is -0.492. The van der Waals surface area contributed by atoms with Crippen molar-refractivity contribution in [3.63, 3.8) is 0 Å². The van der Waals surface area contributed by atoms with Crippen LogP contribution < -0.4 is 5.32 Å². The van der Waals surface area contributed by atoms with E-state index < -0.39 is 55.4 Å². The summed E-state index contributed by atoms with van der Waals surface area (Å²) >= 11 is 0.697. The molecule has 5 atom stereocenters. The van der Waals surface area contributed by atoms with E-state index in [1.54, 1.807) is 0 Å². The van der Waals surface area contributed by atoms with E-state index in [1.165, 1.54) is 6.92 Å². The lowest BCUT2D eigenvalue weighted by Gasteiger charge is -2.42. The highest BCUT2D eigenvalue weighted by Gasteiger charge is 2.45. The zero-order valence-corrected chi connectivity index (χ0v) is 12.3. The van der Waals surface area contributed by atoms with Crippen LogP contribution in [0.1, 0.15) is 6.92 Å². The Morgan fingerprint density at radius 3 is 2.40 bits per heavy atom. The number of carbonyl (C=O) groups is 1. The molecule has 118 valence electrons. The maximum Gasteiger partial charge on any atom is 0.335 e. The van der Waals surface area contributed by atoms with E-state index in [2.05, 4.69) is 5.32 Å². The van der Waals surface area contributed by atoms with Crippen LogP contribution >= 0.6 is 19.4 Å². The molecule has 0 aliphatic carbocycles. The van der Waals surface area contributed by atoms with Crippen LogP contribution in [0.2, 0.25) is 0 Å². The summed E-state index contributed by atoms with van der Waals surface area (Å²) in [6, 6.07) is -1.04. The van der Waals surface area contributed by atoms with Gasteiger partial charge in [-0.15, -0.1) is 11.8 Å². The standard InChI is InChI=1S/C9H18NO8PS/c1-4(12)10-6-8(14)7(13)5(2-11)18-9(6)20-3-19(15,16)17/h5-9,11,13-14H,2-3H2,1H3,(H,10,12)(H2,15,16,17)/t5-,6-,7-,8-,9-/m1/s1. The van der Waals surface area contributed by atoms with Gasteiger partial charge in [-0.3, -0.25) is 9.36 Å². The van der Waals surface area contributed by atoms with Gasteiger partial charge in [0, 0.05) is 6.92 Å². The average Bonchev–Trinajstić information content (AvgIpc) is 2.32. The second-order valence-corrected chi connectivity index (χ2v) is 7.55. The van der Waals surface area contributed by atoms with E-state index in [4.69, 9.17) is 19.6 Å². The number of carbonyl (C=O) groups excluding carboxylic acids is 1. The van der Waals surface area contributed by atoms with E-state index in [9.17, 15) is 19.6 Å². The molecule has 0 unspecified atom stereocenters. The van der Waals surface area contributed by atoms with Crippen molar-refractivity contribution in [1.82, 2.24) is 5.32 Å². The first-order valence-electron chi connectivity index (χ1n) is 5.71. The molecule has 1 aliphatic heterocycles. The summed E-state index contributed by atoms with van der Waals surface area (Å²) in [5.41, 5.74) is -1.57. The summed E-state index contributed by atoms with van der Waals surface area (Å²) in [6.45, 7) is 0.625. The highest BCUT2D eigenvalue weighted by molar-refractivity contribution is 8.04. The Morgan fingerprint density at radius 1 is 1.35 bits per heavy atom. The molecule has 1 aliphatic rings. The van der Waals surface area contributed by atoms with Gasteiger partial charge in [0.05, 0.1) is 18.1 Å². The average molecular weight is 331 g/mol. The molecular formula is C9H18NO8PS. The lowest BCUT2D eigenvalue weighted by Crippen LogP contribution is -2.63.